The van der Waals surface area contributed by atoms with Crippen LogP contribution in [0.15, 0.2) is 54.6 Å². The molecule has 0 fully saturated rings. The molecule has 0 unspecified atom stereocenters. The number of carbonyl (C=O) groups is 3. The predicted octanol–water partition coefficient (Wildman–Crippen LogP) is 4.35. The number of carboxylic acids is 1. The zero-order valence-corrected chi connectivity index (χ0v) is 20.7. The minimum absolute atomic E-state index is 0.0225. The number of hydrogen-bond donors (Lipinski definition) is 4. The summed E-state index contributed by atoms with van der Waals surface area (Å²) in [5, 5.41) is 18.4. The van der Waals surface area contributed by atoms with Gasteiger partial charge < -0.3 is 21.1 Å². The zero-order valence-electron chi connectivity index (χ0n) is 19.2. The van der Waals surface area contributed by atoms with E-state index < -0.39 is 17.9 Å². The van der Waals surface area contributed by atoms with Gasteiger partial charge in [0.15, 0.2) is 0 Å². The van der Waals surface area contributed by atoms with E-state index in [1.54, 1.807) is 30.3 Å². The van der Waals surface area contributed by atoms with E-state index in [0.29, 0.717) is 16.9 Å². The molecular formula is C26H24Cl2N4O4. The van der Waals surface area contributed by atoms with E-state index in [9.17, 15) is 19.5 Å². The summed E-state index contributed by atoms with van der Waals surface area (Å²) in [4.78, 5) is 41.4. The molecule has 1 atom stereocenters. The van der Waals surface area contributed by atoms with E-state index >= 15 is 0 Å². The lowest BCUT2D eigenvalue weighted by atomic mass is 10.0. The maximum absolute atomic E-state index is 12.6. The summed E-state index contributed by atoms with van der Waals surface area (Å²) in [7, 11) is 0. The lowest BCUT2D eigenvalue weighted by Crippen LogP contribution is -2.42. The summed E-state index contributed by atoms with van der Waals surface area (Å²) in [6.45, 7) is 0.877. The standard InChI is InChI=1S/C26H24Cl2N4O4/c27-19-4-1-5-20(28)23(19)25(34)32-21(26(35)36)13-15-6-9-17(10-7-15)30-22(33)14-18-11-8-16-3-2-12-29-24(16)31-18/h1,4-11,21H,2-3,12-14H2,(H,29,31)(H,30,33)(H,32,34)(H,35,36)/t21-/m0/s1. The summed E-state index contributed by atoms with van der Waals surface area (Å²) >= 11 is 12.1. The number of nitrogens with zero attached hydrogens (tertiary/aromatic N) is 1. The lowest BCUT2D eigenvalue weighted by Gasteiger charge is -2.17. The van der Waals surface area contributed by atoms with Crippen molar-refractivity contribution in [2.24, 2.45) is 0 Å². The molecule has 1 aliphatic heterocycles. The number of nitrogens with one attached hydrogen (secondary N) is 3. The van der Waals surface area contributed by atoms with Crippen LogP contribution in [0.4, 0.5) is 11.5 Å². The van der Waals surface area contributed by atoms with Crippen molar-refractivity contribution in [3.8, 4) is 0 Å². The van der Waals surface area contributed by atoms with Crippen molar-refractivity contribution in [1.29, 1.82) is 0 Å². The average molecular weight is 527 g/mol. The highest BCUT2D eigenvalue weighted by molar-refractivity contribution is 6.39. The van der Waals surface area contributed by atoms with E-state index in [4.69, 9.17) is 23.2 Å². The molecule has 2 amide bonds. The maximum Gasteiger partial charge on any atom is 0.326 e. The number of aliphatic carboxylic acids is 1. The number of halogens is 2. The average Bonchev–Trinajstić information content (AvgIpc) is 2.84. The molecule has 4 rings (SSSR count). The number of anilines is 2. The van der Waals surface area contributed by atoms with Crippen molar-refractivity contribution in [1.82, 2.24) is 10.3 Å². The van der Waals surface area contributed by atoms with E-state index in [1.165, 1.54) is 12.1 Å². The molecule has 0 radical (unpaired) electrons. The van der Waals surface area contributed by atoms with Gasteiger partial charge in [0.1, 0.15) is 11.9 Å². The van der Waals surface area contributed by atoms with Crippen LogP contribution in [-0.2, 0) is 28.9 Å². The third kappa shape index (κ3) is 6.33. The molecule has 186 valence electrons. The van der Waals surface area contributed by atoms with Crippen LogP contribution < -0.4 is 16.0 Å². The third-order valence-corrected chi connectivity index (χ3v) is 6.39. The van der Waals surface area contributed by atoms with Crippen LogP contribution in [0, 0.1) is 0 Å². The molecule has 2 heterocycles. The maximum atomic E-state index is 12.6. The summed E-state index contributed by atoms with van der Waals surface area (Å²) in [6.07, 6.45) is 2.21. The molecule has 0 saturated heterocycles. The van der Waals surface area contributed by atoms with Crippen molar-refractivity contribution >= 4 is 52.5 Å². The molecule has 0 spiro atoms. The Morgan fingerprint density at radius 1 is 1.03 bits per heavy atom. The fraction of sp³-hybridized carbons (Fsp3) is 0.231. The second kappa shape index (κ2) is 11.4. The molecule has 8 nitrogen and oxygen atoms in total. The molecule has 2 aromatic carbocycles. The van der Waals surface area contributed by atoms with Crippen molar-refractivity contribution in [2.45, 2.75) is 31.7 Å². The van der Waals surface area contributed by atoms with Gasteiger partial charge in [-0.2, -0.15) is 0 Å². The van der Waals surface area contributed by atoms with Gasteiger partial charge in [0.05, 0.1) is 27.7 Å². The first kappa shape index (κ1) is 25.5. The number of rotatable bonds is 8. The van der Waals surface area contributed by atoms with Gasteiger partial charge in [-0.25, -0.2) is 9.78 Å². The van der Waals surface area contributed by atoms with Gasteiger partial charge in [0.25, 0.3) is 5.91 Å². The van der Waals surface area contributed by atoms with E-state index in [0.717, 1.165) is 30.8 Å². The molecule has 36 heavy (non-hydrogen) atoms. The Morgan fingerprint density at radius 3 is 2.44 bits per heavy atom. The SMILES string of the molecule is O=C(Cc1ccc2c(n1)NCCC2)Nc1ccc(C[C@H](NC(=O)c2c(Cl)cccc2Cl)C(=O)O)cc1. The van der Waals surface area contributed by atoms with Crippen molar-refractivity contribution in [2.75, 3.05) is 17.2 Å². The first-order valence-electron chi connectivity index (χ1n) is 11.4. The second-order valence-corrected chi connectivity index (χ2v) is 9.24. The van der Waals surface area contributed by atoms with Gasteiger partial charge in [-0.3, -0.25) is 9.59 Å². The predicted molar refractivity (Wildman–Crippen MR) is 139 cm³/mol. The lowest BCUT2D eigenvalue weighted by molar-refractivity contribution is -0.139. The van der Waals surface area contributed by atoms with Gasteiger partial charge in [0, 0.05) is 18.7 Å². The van der Waals surface area contributed by atoms with Crippen molar-refractivity contribution < 1.29 is 19.5 Å². The number of aryl methyl sites for hydroxylation is 1. The number of benzene rings is 2. The molecule has 0 bridgehead atoms. The van der Waals surface area contributed by atoms with Gasteiger partial charge >= 0.3 is 5.97 Å². The van der Waals surface area contributed by atoms with E-state index in [2.05, 4.69) is 20.9 Å². The van der Waals surface area contributed by atoms with Crippen LogP contribution in [0.3, 0.4) is 0 Å². The first-order valence-corrected chi connectivity index (χ1v) is 12.1. The second-order valence-electron chi connectivity index (χ2n) is 8.43. The normalized spacial score (nSPS) is 13.2. The molecular weight excluding hydrogens is 503 g/mol. The molecule has 10 heteroatoms. The fourth-order valence-corrected chi connectivity index (χ4v) is 4.51. The number of carboxylic acid groups (broad SMARTS) is 1. The van der Waals surface area contributed by atoms with Crippen LogP contribution in [0.25, 0.3) is 0 Å². The zero-order chi connectivity index (χ0) is 25.7. The Labute approximate surface area is 218 Å². The van der Waals surface area contributed by atoms with Gasteiger partial charge in [0.2, 0.25) is 5.91 Å². The molecule has 1 aliphatic rings. The Hall–Kier alpha value is -3.62. The minimum Gasteiger partial charge on any atom is -0.480 e. The smallest absolute Gasteiger partial charge is 0.326 e. The van der Waals surface area contributed by atoms with Gasteiger partial charge in [-0.1, -0.05) is 47.5 Å². The molecule has 0 saturated carbocycles. The Kier molecular flexibility index (Phi) is 8.07. The third-order valence-electron chi connectivity index (χ3n) is 5.76. The minimum atomic E-state index is -1.20. The van der Waals surface area contributed by atoms with Gasteiger partial charge in [-0.05, 0) is 54.3 Å². The molecule has 1 aromatic heterocycles. The number of amides is 2. The summed E-state index contributed by atoms with van der Waals surface area (Å²) < 4.78 is 0. The highest BCUT2D eigenvalue weighted by Gasteiger charge is 2.24. The monoisotopic (exact) mass is 526 g/mol. The fourth-order valence-electron chi connectivity index (χ4n) is 3.94. The Balaban J connectivity index is 1.35. The number of aromatic nitrogens is 1. The number of hydrogen-bond acceptors (Lipinski definition) is 5. The van der Waals surface area contributed by atoms with E-state index in [-0.39, 0.29) is 34.4 Å². The van der Waals surface area contributed by atoms with Crippen LogP contribution in [0.2, 0.25) is 10.0 Å². The number of fused-ring (bicyclic) bond motifs is 1. The van der Waals surface area contributed by atoms with E-state index in [1.807, 2.05) is 12.1 Å². The van der Waals surface area contributed by atoms with Gasteiger partial charge in [-0.15, -0.1) is 0 Å². The van der Waals surface area contributed by atoms with Crippen molar-refractivity contribution in [3.05, 3.63) is 87.0 Å². The number of carbonyl (C=O) groups excluding carboxylic acids is 2. The summed E-state index contributed by atoms with van der Waals surface area (Å²) in [5.74, 6) is -1.24. The number of pyridine rings is 1. The van der Waals surface area contributed by atoms with Crippen molar-refractivity contribution in [3.63, 3.8) is 0 Å². The molecule has 3 aromatic rings. The Bertz CT molecular complexity index is 1280. The topological polar surface area (TPSA) is 120 Å². The highest BCUT2D eigenvalue weighted by Crippen LogP contribution is 2.24. The quantitative estimate of drug-likeness (QED) is 0.346. The molecule has 0 aliphatic carbocycles. The summed E-state index contributed by atoms with van der Waals surface area (Å²) in [6, 6.07) is 14.0. The van der Waals surface area contributed by atoms with Crippen LogP contribution in [0.5, 0.6) is 0 Å². The Morgan fingerprint density at radius 2 is 1.75 bits per heavy atom. The summed E-state index contributed by atoms with van der Waals surface area (Å²) in [5.41, 5.74) is 3.09. The van der Waals surface area contributed by atoms with Crippen LogP contribution in [0.1, 0.15) is 33.6 Å². The first-order chi connectivity index (χ1) is 17.3. The largest absolute Gasteiger partial charge is 0.480 e. The highest BCUT2D eigenvalue weighted by atomic mass is 35.5. The van der Waals surface area contributed by atoms with Crippen LogP contribution in [-0.4, -0.2) is 40.5 Å². The molecule has 4 N–H and O–H groups in total. The van der Waals surface area contributed by atoms with Crippen LogP contribution >= 0.6 is 23.2 Å².